The van der Waals surface area contributed by atoms with Gasteiger partial charge in [0, 0.05) is 12.8 Å². The fourth-order valence-corrected chi connectivity index (χ4v) is 0.573. The summed E-state index contributed by atoms with van der Waals surface area (Å²) in [6.45, 7) is 3.27. The maximum absolute atomic E-state index is 10.7. The van der Waals surface area contributed by atoms with E-state index >= 15 is 0 Å². The number of carboxylic acid groups (broad SMARTS) is 1. The summed E-state index contributed by atoms with van der Waals surface area (Å²) in [5, 5.41) is 8.37. The number of ketones is 1. The van der Waals surface area contributed by atoms with Gasteiger partial charge in [-0.3, -0.25) is 9.59 Å². The fourth-order valence-electron chi connectivity index (χ4n) is 0.573. The standard InChI is InChI=1S/C7H12O3/c1-3-6(8)4-5(2)7(9)10/h5H,3-4H2,1-2H3,(H,9,10). The van der Waals surface area contributed by atoms with E-state index in [1.165, 1.54) is 6.92 Å². The number of carbonyl (C=O) groups excluding carboxylic acids is 1. The first-order chi connectivity index (χ1) is 4.57. The van der Waals surface area contributed by atoms with Crippen molar-refractivity contribution < 1.29 is 14.7 Å². The lowest BCUT2D eigenvalue weighted by molar-refractivity contribution is -0.143. The molecular weight excluding hydrogens is 132 g/mol. The highest BCUT2D eigenvalue weighted by Crippen LogP contribution is 2.03. The zero-order valence-corrected chi connectivity index (χ0v) is 6.26. The second-order valence-electron chi connectivity index (χ2n) is 2.34. The Kier molecular flexibility index (Phi) is 3.69. The molecule has 0 aromatic rings. The topological polar surface area (TPSA) is 54.4 Å². The first-order valence-electron chi connectivity index (χ1n) is 3.32. The summed E-state index contributed by atoms with van der Waals surface area (Å²) in [6, 6.07) is 0. The van der Waals surface area contributed by atoms with Crippen molar-refractivity contribution in [3.63, 3.8) is 0 Å². The molecule has 0 radical (unpaired) electrons. The van der Waals surface area contributed by atoms with Gasteiger partial charge < -0.3 is 5.11 Å². The Balaban J connectivity index is 3.68. The SMILES string of the molecule is CCC(=O)CC(C)C(=O)O. The number of carbonyl (C=O) groups is 2. The van der Waals surface area contributed by atoms with Crippen molar-refractivity contribution in [3.05, 3.63) is 0 Å². The minimum absolute atomic E-state index is 0.00917. The van der Waals surface area contributed by atoms with Crippen molar-refractivity contribution in [2.75, 3.05) is 0 Å². The molecule has 0 fully saturated rings. The normalized spacial score (nSPS) is 12.6. The molecule has 0 aliphatic carbocycles. The Morgan fingerprint density at radius 3 is 2.30 bits per heavy atom. The molecule has 1 N–H and O–H groups in total. The van der Waals surface area contributed by atoms with Gasteiger partial charge in [0.25, 0.3) is 0 Å². The quantitative estimate of drug-likeness (QED) is 0.642. The van der Waals surface area contributed by atoms with E-state index in [1.54, 1.807) is 6.92 Å². The second kappa shape index (κ2) is 4.04. The summed E-state index contributed by atoms with van der Waals surface area (Å²) in [5.41, 5.74) is 0. The molecule has 0 aliphatic rings. The Bertz CT molecular complexity index is 140. The molecule has 0 heterocycles. The van der Waals surface area contributed by atoms with Crippen LogP contribution in [-0.4, -0.2) is 16.9 Å². The molecule has 0 amide bonds. The average Bonchev–Trinajstić information content (AvgIpc) is 1.87. The van der Waals surface area contributed by atoms with Gasteiger partial charge >= 0.3 is 5.97 Å². The Labute approximate surface area is 60.0 Å². The molecule has 0 aliphatic heterocycles. The first kappa shape index (κ1) is 9.14. The number of Topliss-reactive ketones (excluding diaryl/α,β-unsaturated/α-hetero) is 1. The molecule has 3 nitrogen and oxygen atoms in total. The van der Waals surface area contributed by atoms with Crippen LogP contribution in [0.2, 0.25) is 0 Å². The van der Waals surface area contributed by atoms with Crippen molar-refractivity contribution in [1.82, 2.24) is 0 Å². The van der Waals surface area contributed by atoms with Gasteiger partial charge in [0.05, 0.1) is 5.92 Å². The fraction of sp³-hybridized carbons (Fsp3) is 0.714. The van der Waals surface area contributed by atoms with Gasteiger partial charge in [-0.2, -0.15) is 0 Å². The van der Waals surface area contributed by atoms with Gasteiger partial charge in [0.1, 0.15) is 5.78 Å². The van der Waals surface area contributed by atoms with Gasteiger partial charge in [-0.25, -0.2) is 0 Å². The van der Waals surface area contributed by atoms with Crippen molar-refractivity contribution in [3.8, 4) is 0 Å². The van der Waals surface area contributed by atoms with Crippen molar-refractivity contribution in [1.29, 1.82) is 0 Å². The van der Waals surface area contributed by atoms with Crippen LogP contribution in [0.25, 0.3) is 0 Å². The Morgan fingerprint density at radius 1 is 1.50 bits per heavy atom. The molecule has 0 bridgehead atoms. The zero-order chi connectivity index (χ0) is 8.15. The summed E-state index contributed by atoms with van der Waals surface area (Å²) in [5.74, 6) is -1.43. The van der Waals surface area contributed by atoms with Gasteiger partial charge in [0.2, 0.25) is 0 Å². The van der Waals surface area contributed by atoms with E-state index in [1.807, 2.05) is 0 Å². The summed E-state index contributed by atoms with van der Waals surface area (Å²) in [4.78, 5) is 20.9. The third-order valence-corrected chi connectivity index (χ3v) is 1.35. The molecule has 0 aromatic carbocycles. The number of rotatable bonds is 4. The molecule has 0 saturated carbocycles. The van der Waals surface area contributed by atoms with E-state index in [0.717, 1.165) is 0 Å². The third kappa shape index (κ3) is 3.22. The van der Waals surface area contributed by atoms with Crippen LogP contribution in [0.3, 0.4) is 0 Å². The lowest BCUT2D eigenvalue weighted by Gasteiger charge is -2.01. The Hall–Kier alpha value is -0.860. The average molecular weight is 144 g/mol. The minimum Gasteiger partial charge on any atom is -0.481 e. The highest BCUT2D eigenvalue weighted by Gasteiger charge is 2.13. The van der Waals surface area contributed by atoms with Crippen molar-refractivity contribution >= 4 is 11.8 Å². The number of aliphatic carboxylic acids is 1. The van der Waals surface area contributed by atoms with Crippen LogP contribution >= 0.6 is 0 Å². The molecule has 58 valence electrons. The lowest BCUT2D eigenvalue weighted by Crippen LogP contribution is -2.13. The monoisotopic (exact) mass is 144 g/mol. The number of hydrogen-bond donors (Lipinski definition) is 1. The second-order valence-corrected chi connectivity index (χ2v) is 2.34. The van der Waals surface area contributed by atoms with E-state index in [-0.39, 0.29) is 12.2 Å². The first-order valence-corrected chi connectivity index (χ1v) is 3.32. The van der Waals surface area contributed by atoms with Gasteiger partial charge in [-0.1, -0.05) is 13.8 Å². The van der Waals surface area contributed by atoms with Crippen molar-refractivity contribution in [2.45, 2.75) is 26.7 Å². The van der Waals surface area contributed by atoms with E-state index < -0.39 is 11.9 Å². The van der Waals surface area contributed by atoms with Crippen LogP contribution in [0.5, 0.6) is 0 Å². The maximum atomic E-state index is 10.7. The molecule has 0 spiro atoms. The molecule has 10 heavy (non-hydrogen) atoms. The van der Waals surface area contributed by atoms with Crippen LogP contribution in [0.15, 0.2) is 0 Å². The molecule has 0 rings (SSSR count). The largest absolute Gasteiger partial charge is 0.481 e. The number of hydrogen-bond acceptors (Lipinski definition) is 2. The van der Waals surface area contributed by atoms with Crippen LogP contribution in [0.4, 0.5) is 0 Å². The molecule has 3 heteroatoms. The van der Waals surface area contributed by atoms with Crippen LogP contribution < -0.4 is 0 Å². The van der Waals surface area contributed by atoms with Crippen molar-refractivity contribution in [2.24, 2.45) is 5.92 Å². The summed E-state index contributed by atoms with van der Waals surface area (Å²) >= 11 is 0. The van der Waals surface area contributed by atoms with E-state index in [0.29, 0.717) is 6.42 Å². The Morgan fingerprint density at radius 2 is 2.00 bits per heavy atom. The summed E-state index contributed by atoms with van der Waals surface area (Å²) < 4.78 is 0. The van der Waals surface area contributed by atoms with Gasteiger partial charge in [-0.05, 0) is 0 Å². The summed E-state index contributed by atoms with van der Waals surface area (Å²) in [6.07, 6.45) is 0.587. The number of carboxylic acids is 1. The van der Waals surface area contributed by atoms with Crippen LogP contribution in [-0.2, 0) is 9.59 Å². The van der Waals surface area contributed by atoms with E-state index in [9.17, 15) is 9.59 Å². The maximum Gasteiger partial charge on any atom is 0.306 e. The summed E-state index contributed by atoms with van der Waals surface area (Å²) in [7, 11) is 0. The van der Waals surface area contributed by atoms with Gasteiger partial charge in [-0.15, -0.1) is 0 Å². The third-order valence-electron chi connectivity index (χ3n) is 1.35. The highest BCUT2D eigenvalue weighted by atomic mass is 16.4. The minimum atomic E-state index is -0.901. The van der Waals surface area contributed by atoms with Crippen LogP contribution in [0.1, 0.15) is 26.7 Å². The molecule has 0 aromatic heterocycles. The molecule has 1 unspecified atom stereocenters. The predicted octanol–water partition coefficient (Wildman–Crippen LogP) is 1.08. The van der Waals surface area contributed by atoms with E-state index in [4.69, 9.17) is 5.11 Å². The van der Waals surface area contributed by atoms with Gasteiger partial charge in [0.15, 0.2) is 0 Å². The van der Waals surface area contributed by atoms with E-state index in [2.05, 4.69) is 0 Å². The zero-order valence-electron chi connectivity index (χ0n) is 6.26. The molecule has 0 saturated heterocycles. The predicted molar refractivity (Wildman–Crippen MR) is 36.7 cm³/mol. The smallest absolute Gasteiger partial charge is 0.306 e. The molecular formula is C7H12O3. The molecule has 1 atom stereocenters. The highest BCUT2D eigenvalue weighted by molar-refractivity contribution is 5.83. The lowest BCUT2D eigenvalue weighted by atomic mass is 10.0. The van der Waals surface area contributed by atoms with Crippen LogP contribution in [0, 0.1) is 5.92 Å².